The zero-order valence-corrected chi connectivity index (χ0v) is 16.7. The molecule has 0 radical (unpaired) electrons. The fourth-order valence-electron chi connectivity index (χ4n) is 2.16. The van der Waals surface area contributed by atoms with Crippen LogP contribution in [0.2, 0.25) is 5.02 Å². The highest BCUT2D eigenvalue weighted by Gasteiger charge is 2.15. The number of rotatable bonds is 7. The molecular weight excluding hydrogens is 419 g/mol. The van der Waals surface area contributed by atoms with Gasteiger partial charge in [-0.05, 0) is 19.2 Å². The van der Waals surface area contributed by atoms with Crippen molar-refractivity contribution in [3.63, 3.8) is 0 Å². The van der Waals surface area contributed by atoms with E-state index in [1.54, 1.807) is 6.07 Å². The summed E-state index contributed by atoms with van der Waals surface area (Å²) in [5, 5.41) is 27.6. The van der Waals surface area contributed by atoms with E-state index in [0.717, 1.165) is 11.6 Å². The molecule has 3 N–H and O–H groups in total. The van der Waals surface area contributed by atoms with Gasteiger partial charge in [0.2, 0.25) is 0 Å². The topological polar surface area (TPSA) is 129 Å². The lowest BCUT2D eigenvalue weighted by Gasteiger charge is -2.15. The molecular formula is C20H18ClFN2O6. The molecule has 0 bridgehead atoms. The van der Waals surface area contributed by atoms with Crippen LogP contribution in [-0.4, -0.2) is 36.3 Å². The van der Waals surface area contributed by atoms with Crippen molar-refractivity contribution in [2.75, 3.05) is 14.2 Å². The first kappa shape index (κ1) is 24.4. The highest BCUT2D eigenvalue weighted by atomic mass is 35.5. The number of halogens is 2. The van der Waals surface area contributed by atoms with Crippen LogP contribution >= 0.6 is 11.6 Å². The number of hydrogen-bond donors (Lipinski definition) is 3. The van der Waals surface area contributed by atoms with E-state index < -0.39 is 17.8 Å². The van der Waals surface area contributed by atoms with E-state index in [1.807, 2.05) is 25.2 Å². The van der Waals surface area contributed by atoms with Crippen LogP contribution in [0.5, 0.6) is 17.2 Å². The lowest BCUT2D eigenvalue weighted by molar-refractivity contribution is -0.134. The van der Waals surface area contributed by atoms with Gasteiger partial charge in [0, 0.05) is 30.3 Å². The molecule has 2 aromatic carbocycles. The molecule has 0 aromatic heterocycles. The Morgan fingerprint density at radius 3 is 2.37 bits per heavy atom. The molecule has 0 amide bonds. The summed E-state index contributed by atoms with van der Waals surface area (Å²) in [7, 11) is 3.35. The van der Waals surface area contributed by atoms with Crippen molar-refractivity contribution in [2.45, 2.75) is 6.54 Å². The summed E-state index contributed by atoms with van der Waals surface area (Å²) in [5.41, 5.74) is 0.956. The third kappa shape index (κ3) is 7.43. The molecule has 158 valence electrons. The molecule has 0 heterocycles. The average molecular weight is 437 g/mol. The molecule has 0 atom stereocenters. The first-order chi connectivity index (χ1) is 14.2. The van der Waals surface area contributed by atoms with E-state index in [9.17, 15) is 14.0 Å². The number of aliphatic carboxylic acids is 2. The fourth-order valence-corrected chi connectivity index (χ4v) is 2.32. The molecule has 0 aliphatic heterocycles. The molecule has 8 nitrogen and oxygen atoms in total. The zero-order valence-electron chi connectivity index (χ0n) is 16.0. The number of nitrogens with one attached hydrogen (secondary N) is 1. The predicted molar refractivity (Wildman–Crippen MR) is 106 cm³/mol. The lowest BCUT2D eigenvalue weighted by Crippen LogP contribution is -2.07. The van der Waals surface area contributed by atoms with Gasteiger partial charge in [-0.15, -0.1) is 0 Å². The summed E-state index contributed by atoms with van der Waals surface area (Å²) < 4.78 is 24.5. The summed E-state index contributed by atoms with van der Waals surface area (Å²) in [6.45, 7) is 0.593. The van der Waals surface area contributed by atoms with Gasteiger partial charge in [0.25, 0.3) is 0 Å². The van der Waals surface area contributed by atoms with Crippen molar-refractivity contribution in [3.05, 3.63) is 64.5 Å². The monoisotopic (exact) mass is 436 g/mol. The van der Waals surface area contributed by atoms with Gasteiger partial charge in [0.1, 0.15) is 17.6 Å². The summed E-state index contributed by atoms with van der Waals surface area (Å²) in [5.74, 6) is -2.04. The quantitative estimate of drug-likeness (QED) is 0.561. The summed E-state index contributed by atoms with van der Waals surface area (Å²) in [4.78, 5) is 19.1. The molecule has 2 rings (SSSR count). The van der Waals surface area contributed by atoms with E-state index in [-0.39, 0.29) is 16.3 Å². The van der Waals surface area contributed by atoms with Gasteiger partial charge >= 0.3 is 11.9 Å². The molecule has 0 saturated carbocycles. The van der Waals surface area contributed by atoms with Gasteiger partial charge in [0.15, 0.2) is 11.5 Å². The minimum atomic E-state index is -1.26. The van der Waals surface area contributed by atoms with Crippen LogP contribution in [0.3, 0.4) is 0 Å². The lowest BCUT2D eigenvalue weighted by atomic mass is 10.1. The van der Waals surface area contributed by atoms with E-state index in [1.165, 1.54) is 13.2 Å². The normalized spacial score (nSPS) is 9.97. The summed E-state index contributed by atoms with van der Waals surface area (Å²) >= 11 is 5.76. The van der Waals surface area contributed by atoms with Crippen molar-refractivity contribution >= 4 is 23.5 Å². The number of nitriles is 1. The molecule has 0 aliphatic carbocycles. The SMILES string of the molecule is CNCc1cccc(Oc2cc(Cl)c(F)cc2C#N)c1OC.O=C(O)C=CC(=O)O. The van der Waals surface area contributed by atoms with Crippen LogP contribution in [0, 0.1) is 17.1 Å². The maximum Gasteiger partial charge on any atom is 0.328 e. The minimum Gasteiger partial charge on any atom is -0.492 e. The van der Waals surface area contributed by atoms with Gasteiger partial charge in [-0.1, -0.05) is 23.7 Å². The molecule has 2 aromatic rings. The van der Waals surface area contributed by atoms with Crippen molar-refractivity contribution in [1.29, 1.82) is 5.26 Å². The Morgan fingerprint density at radius 2 is 1.87 bits per heavy atom. The van der Waals surface area contributed by atoms with Gasteiger partial charge in [-0.3, -0.25) is 0 Å². The van der Waals surface area contributed by atoms with E-state index in [4.69, 9.17) is 36.5 Å². The van der Waals surface area contributed by atoms with Crippen molar-refractivity contribution in [1.82, 2.24) is 5.32 Å². The maximum absolute atomic E-state index is 13.4. The first-order valence-electron chi connectivity index (χ1n) is 8.24. The second kappa shape index (κ2) is 12.1. The van der Waals surface area contributed by atoms with Crippen LogP contribution in [0.25, 0.3) is 0 Å². The predicted octanol–water partition coefficient (Wildman–Crippen LogP) is 3.58. The molecule has 0 spiro atoms. The molecule has 30 heavy (non-hydrogen) atoms. The molecule has 0 aliphatic rings. The Labute approximate surface area is 176 Å². The number of nitrogens with zero attached hydrogens (tertiary/aromatic N) is 1. The molecule has 0 unspecified atom stereocenters. The summed E-state index contributed by atoms with van der Waals surface area (Å²) in [6.07, 6.45) is 1.12. The van der Waals surface area contributed by atoms with Crippen LogP contribution < -0.4 is 14.8 Å². The van der Waals surface area contributed by atoms with Gasteiger partial charge in [0.05, 0.1) is 17.7 Å². The number of para-hydroxylation sites is 1. The third-order valence-corrected chi connectivity index (χ3v) is 3.65. The number of hydrogen-bond acceptors (Lipinski definition) is 6. The Balaban J connectivity index is 0.000000479. The van der Waals surface area contributed by atoms with Crippen LogP contribution in [0.15, 0.2) is 42.5 Å². The number of ether oxygens (including phenoxy) is 2. The minimum absolute atomic E-state index is 0.0583. The Morgan fingerprint density at radius 1 is 1.23 bits per heavy atom. The highest BCUT2D eigenvalue weighted by Crippen LogP contribution is 2.37. The Bertz CT molecular complexity index is 972. The highest BCUT2D eigenvalue weighted by molar-refractivity contribution is 6.30. The first-order valence-corrected chi connectivity index (χ1v) is 8.62. The van der Waals surface area contributed by atoms with Crippen LogP contribution in [0.4, 0.5) is 4.39 Å². The van der Waals surface area contributed by atoms with Gasteiger partial charge in [-0.25, -0.2) is 14.0 Å². The number of carboxylic acid groups (broad SMARTS) is 2. The number of carboxylic acids is 2. The fraction of sp³-hybridized carbons (Fsp3) is 0.150. The third-order valence-electron chi connectivity index (χ3n) is 3.36. The average Bonchev–Trinajstić information content (AvgIpc) is 2.70. The van der Waals surface area contributed by atoms with Crippen molar-refractivity contribution < 1.29 is 33.7 Å². The van der Waals surface area contributed by atoms with Gasteiger partial charge < -0.3 is 25.0 Å². The second-order valence-electron chi connectivity index (χ2n) is 5.47. The smallest absolute Gasteiger partial charge is 0.328 e. The van der Waals surface area contributed by atoms with Crippen LogP contribution in [0.1, 0.15) is 11.1 Å². The van der Waals surface area contributed by atoms with Crippen molar-refractivity contribution in [2.24, 2.45) is 0 Å². The largest absolute Gasteiger partial charge is 0.492 e. The Hall–Kier alpha value is -3.61. The number of benzene rings is 2. The maximum atomic E-state index is 13.4. The van der Waals surface area contributed by atoms with E-state index in [0.29, 0.717) is 30.2 Å². The number of methoxy groups -OCH3 is 1. The van der Waals surface area contributed by atoms with Crippen molar-refractivity contribution in [3.8, 4) is 23.3 Å². The second-order valence-corrected chi connectivity index (χ2v) is 5.87. The molecule has 10 heteroatoms. The van der Waals surface area contributed by atoms with Crippen LogP contribution in [-0.2, 0) is 16.1 Å². The molecule has 0 fully saturated rings. The van der Waals surface area contributed by atoms with E-state index >= 15 is 0 Å². The summed E-state index contributed by atoms with van der Waals surface area (Å²) in [6, 6.07) is 9.61. The number of carbonyl (C=O) groups is 2. The Kier molecular flexibility index (Phi) is 9.82. The standard InChI is InChI=1S/C16H14ClFN2O2.C4H4O4/c1-20-9-10-4-3-5-14(16(10)21-2)22-15-7-12(17)13(18)6-11(15)8-19;5-3(6)1-2-4(7)8/h3-7,20H,9H2,1-2H3;1-2H,(H,5,6)(H,7,8). The van der Waals surface area contributed by atoms with Gasteiger partial charge in [-0.2, -0.15) is 5.26 Å². The van der Waals surface area contributed by atoms with E-state index in [2.05, 4.69) is 5.32 Å². The molecule has 0 saturated heterocycles. The zero-order chi connectivity index (χ0) is 22.7.